The number of aliphatic hydroxyl groups excluding tert-OH is 1. The zero-order chi connectivity index (χ0) is 12.5. The summed E-state index contributed by atoms with van der Waals surface area (Å²) in [7, 11) is 0. The third-order valence-corrected chi connectivity index (χ3v) is 3.58. The number of rotatable bonds is 2. The van der Waals surface area contributed by atoms with E-state index in [2.05, 4.69) is 20.4 Å². The molecule has 16 heavy (non-hydrogen) atoms. The van der Waals surface area contributed by atoms with Gasteiger partial charge in [-0.05, 0) is 36.3 Å². The maximum Gasteiger partial charge on any atom is 0.136 e. The molecule has 1 saturated carbocycles. The van der Waals surface area contributed by atoms with Gasteiger partial charge in [-0.1, -0.05) is 33.4 Å². The van der Waals surface area contributed by atoms with Gasteiger partial charge in [0.15, 0.2) is 0 Å². The van der Waals surface area contributed by atoms with Gasteiger partial charge in [0.05, 0.1) is 6.10 Å². The van der Waals surface area contributed by atoms with Gasteiger partial charge in [0.2, 0.25) is 0 Å². The van der Waals surface area contributed by atoms with Crippen molar-refractivity contribution in [2.45, 2.75) is 46.6 Å². The fraction of sp³-hybridized carbons (Fsp3) is 0.643. The molecular weight excluding hydrogens is 200 g/mol. The number of allylic oxidation sites excluding steroid dienone is 1. The predicted octanol–water partition coefficient (Wildman–Crippen LogP) is 2.88. The molecule has 2 heteroatoms. The standard InChI is InChI=1S/C14H22O2/c1-9(11(3)15)8-12-10(2)13(16)6-7-14(12,4)5/h8-9,13,16H,2,6-7H2,1,3-5H3/b12-8+. The van der Waals surface area contributed by atoms with Crippen LogP contribution in [0.3, 0.4) is 0 Å². The Morgan fingerprint density at radius 1 is 1.62 bits per heavy atom. The second-order valence-electron chi connectivity index (χ2n) is 5.44. The molecule has 1 N–H and O–H groups in total. The molecule has 0 spiro atoms. The van der Waals surface area contributed by atoms with Crippen LogP contribution < -0.4 is 0 Å². The molecule has 90 valence electrons. The third-order valence-electron chi connectivity index (χ3n) is 3.58. The van der Waals surface area contributed by atoms with Crippen LogP contribution in [0.25, 0.3) is 0 Å². The molecule has 0 heterocycles. The quantitative estimate of drug-likeness (QED) is 0.780. The lowest BCUT2D eigenvalue weighted by Crippen LogP contribution is -2.30. The maximum absolute atomic E-state index is 11.3. The Bertz CT molecular complexity index is 337. The van der Waals surface area contributed by atoms with Gasteiger partial charge in [-0.15, -0.1) is 0 Å². The highest BCUT2D eigenvalue weighted by Gasteiger charge is 2.33. The van der Waals surface area contributed by atoms with Crippen molar-refractivity contribution in [2.75, 3.05) is 0 Å². The van der Waals surface area contributed by atoms with E-state index in [-0.39, 0.29) is 17.1 Å². The van der Waals surface area contributed by atoms with Crippen LogP contribution in [0.2, 0.25) is 0 Å². The van der Waals surface area contributed by atoms with Gasteiger partial charge in [-0.3, -0.25) is 4.79 Å². The molecule has 0 radical (unpaired) electrons. The summed E-state index contributed by atoms with van der Waals surface area (Å²) < 4.78 is 0. The van der Waals surface area contributed by atoms with Gasteiger partial charge in [-0.25, -0.2) is 0 Å². The highest BCUT2D eigenvalue weighted by atomic mass is 16.3. The number of carbonyl (C=O) groups excluding carboxylic acids is 1. The SMILES string of the molecule is C=C1/C(=C\C(C)C(C)=O)C(C)(C)CCC1O. The Balaban J connectivity index is 3.05. The Hall–Kier alpha value is -0.890. The van der Waals surface area contributed by atoms with Crippen LogP contribution in [0.15, 0.2) is 23.8 Å². The van der Waals surface area contributed by atoms with Crippen molar-refractivity contribution >= 4 is 5.78 Å². The topological polar surface area (TPSA) is 37.3 Å². The molecule has 0 aromatic rings. The van der Waals surface area contributed by atoms with Crippen molar-refractivity contribution in [1.82, 2.24) is 0 Å². The summed E-state index contributed by atoms with van der Waals surface area (Å²) in [6.07, 6.45) is 3.22. The summed E-state index contributed by atoms with van der Waals surface area (Å²) >= 11 is 0. The summed E-state index contributed by atoms with van der Waals surface area (Å²) in [5.41, 5.74) is 1.85. The van der Waals surface area contributed by atoms with Crippen molar-refractivity contribution in [3.63, 3.8) is 0 Å². The van der Waals surface area contributed by atoms with E-state index in [1.165, 1.54) is 0 Å². The minimum atomic E-state index is -0.446. The molecule has 1 aliphatic carbocycles. The van der Waals surface area contributed by atoms with E-state index in [9.17, 15) is 9.90 Å². The van der Waals surface area contributed by atoms with Gasteiger partial charge in [0.25, 0.3) is 0 Å². The average molecular weight is 222 g/mol. The molecule has 2 atom stereocenters. The number of hydrogen-bond donors (Lipinski definition) is 1. The highest BCUT2D eigenvalue weighted by Crippen LogP contribution is 2.43. The largest absolute Gasteiger partial charge is 0.388 e. The van der Waals surface area contributed by atoms with Crippen LogP contribution in [0.5, 0.6) is 0 Å². The normalized spacial score (nSPS) is 29.2. The highest BCUT2D eigenvalue weighted by molar-refractivity contribution is 5.80. The number of carbonyl (C=O) groups is 1. The summed E-state index contributed by atoms with van der Waals surface area (Å²) in [6.45, 7) is 11.7. The van der Waals surface area contributed by atoms with Crippen LogP contribution in [-0.4, -0.2) is 17.0 Å². The van der Waals surface area contributed by atoms with E-state index < -0.39 is 6.10 Å². The maximum atomic E-state index is 11.3. The first kappa shape index (κ1) is 13.2. The van der Waals surface area contributed by atoms with E-state index in [0.29, 0.717) is 0 Å². The Kier molecular flexibility index (Phi) is 3.74. The summed E-state index contributed by atoms with van der Waals surface area (Å²) in [5.74, 6) is 0.0486. The van der Waals surface area contributed by atoms with Crippen molar-refractivity contribution in [2.24, 2.45) is 11.3 Å². The molecule has 0 bridgehead atoms. The van der Waals surface area contributed by atoms with Crippen molar-refractivity contribution in [1.29, 1.82) is 0 Å². The zero-order valence-electron chi connectivity index (χ0n) is 10.7. The molecule has 0 aromatic carbocycles. The Labute approximate surface area is 98.1 Å². The van der Waals surface area contributed by atoms with Gasteiger partial charge >= 0.3 is 0 Å². The molecule has 0 amide bonds. The summed E-state index contributed by atoms with van der Waals surface area (Å²) in [5, 5.41) is 9.81. The van der Waals surface area contributed by atoms with Crippen LogP contribution in [-0.2, 0) is 4.79 Å². The number of ketones is 1. The van der Waals surface area contributed by atoms with Gasteiger partial charge < -0.3 is 5.11 Å². The average Bonchev–Trinajstić information content (AvgIpc) is 2.18. The lowest BCUT2D eigenvalue weighted by atomic mass is 9.69. The second kappa shape index (κ2) is 4.54. The zero-order valence-corrected chi connectivity index (χ0v) is 10.7. The van der Waals surface area contributed by atoms with Gasteiger partial charge in [0, 0.05) is 5.92 Å². The van der Waals surface area contributed by atoms with Crippen LogP contribution in [0.1, 0.15) is 40.5 Å². The molecule has 0 aliphatic heterocycles. The van der Waals surface area contributed by atoms with Crippen molar-refractivity contribution < 1.29 is 9.90 Å². The van der Waals surface area contributed by atoms with E-state index in [0.717, 1.165) is 24.0 Å². The summed E-state index contributed by atoms with van der Waals surface area (Å²) in [6, 6.07) is 0. The van der Waals surface area contributed by atoms with Gasteiger partial charge in [-0.2, -0.15) is 0 Å². The Morgan fingerprint density at radius 2 is 2.19 bits per heavy atom. The fourth-order valence-corrected chi connectivity index (χ4v) is 2.12. The number of Topliss-reactive ketones (excluding diaryl/α,β-unsaturated/α-hetero) is 1. The molecule has 2 unspecified atom stereocenters. The third kappa shape index (κ3) is 2.62. The first-order valence-corrected chi connectivity index (χ1v) is 5.85. The Morgan fingerprint density at radius 3 is 2.69 bits per heavy atom. The second-order valence-corrected chi connectivity index (χ2v) is 5.44. The van der Waals surface area contributed by atoms with Crippen LogP contribution in [0.4, 0.5) is 0 Å². The molecule has 2 nitrogen and oxygen atoms in total. The molecular formula is C14H22O2. The minimum Gasteiger partial charge on any atom is -0.388 e. The fourth-order valence-electron chi connectivity index (χ4n) is 2.12. The van der Waals surface area contributed by atoms with E-state index >= 15 is 0 Å². The van der Waals surface area contributed by atoms with Crippen LogP contribution >= 0.6 is 0 Å². The number of aliphatic hydroxyl groups is 1. The van der Waals surface area contributed by atoms with E-state index in [1.54, 1.807) is 6.92 Å². The lowest BCUT2D eigenvalue weighted by molar-refractivity contribution is -0.119. The monoisotopic (exact) mass is 222 g/mol. The first-order chi connectivity index (χ1) is 7.25. The predicted molar refractivity (Wildman–Crippen MR) is 66.1 cm³/mol. The molecule has 1 aliphatic rings. The van der Waals surface area contributed by atoms with Crippen molar-refractivity contribution in [3.8, 4) is 0 Å². The lowest BCUT2D eigenvalue weighted by Gasteiger charge is -2.37. The van der Waals surface area contributed by atoms with E-state index in [4.69, 9.17) is 0 Å². The molecule has 1 rings (SSSR count). The molecule has 1 fully saturated rings. The van der Waals surface area contributed by atoms with E-state index in [1.807, 2.05) is 13.0 Å². The molecule has 0 saturated heterocycles. The van der Waals surface area contributed by atoms with Crippen molar-refractivity contribution in [3.05, 3.63) is 23.8 Å². The van der Waals surface area contributed by atoms with Crippen LogP contribution in [0, 0.1) is 11.3 Å². The summed E-state index contributed by atoms with van der Waals surface area (Å²) in [4.78, 5) is 11.3. The smallest absolute Gasteiger partial charge is 0.136 e. The van der Waals surface area contributed by atoms with Gasteiger partial charge in [0.1, 0.15) is 5.78 Å². The number of hydrogen-bond acceptors (Lipinski definition) is 2. The first-order valence-electron chi connectivity index (χ1n) is 5.85. The molecule has 0 aromatic heterocycles. The minimum absolute atomic E-state index is 0.0139.